The summed E-state index contributed by atoms with van der Waals surface area (Å²) in [4.78, 5) is 32.5. The van der Waals surface area contributed by atoms with Crippen LogP contribution in [0.15, 0.2) is 0 Å². The van der Waals surface area contributed by atoms with Gasteiger partial charge in [-0.1, -0.05) is 0 Å². The summed E-state index contributed by atoms with van der Waals surface area (Å²) in [5.74, 6) is -3.22. The average molecular weight is 527 g/mol. The minimum Gasteiger partial charge on any atom is -0.476 e. The van der Waals surface area contributed by atoms with Gasteiger partial charge in [0.05, 0.1) is 92.3 Å². The fourth-order valence-electron chi connectivity index (χ4n) is 2.22. The predicted octanol–water partition coefficient (Wildman–Crippen LogP) is 0.915. The molecule has 0 fully saturated rings. The summed E-state index contributed by atoms with van der Waals surface area (Å²) in [7, 11) is -1.46. The molecule has 0 bridgehead atoms. The molecule has 0 aliphatic heterocycles. The van der Waals surface area contributed by atoms with Crippen LogP contribution in [-0.4, -0.2) is 124 Å². The molecular weight excluding hydrogens is 484 g/mol. The molecule has 0 radical (unpaired) electrons. The lowest BCUT2D eigenvalue weighted by molar-refractivity contribution is -0.151. The summed E-state index contributed by atoms with van der Waals surface area (Å²) in [5.41, 5.74) is 0. The highest BCUT2D eigenvalue weighted by atomic mass is 28.4. The summed E-state index contributed by atoms with van der Waals surface area (Å²) in [6, 6.07) is 0. The Balaban J connectivity index is 3.18. The number of aliphatic carboxylic acids is 1. The molecule has 0 saturated heterocycles. The van der Waals surface area contributed by atoms with Gasteiger partial charge in [0.25, 0.3) is 0 Å². The minimum atomic E-state index is -1.56. The third-order valence-corrected chi connectivity index (χ3v) is 4.98. The van der Waals surface area contributed by atoms with Gasteiger partial charge < -0.3 is 42.7 Å². The van der Waals surface area contributed by atoms with Gasteiger partial charge in [-0.2, -0.15) is 0 Å². The molecule has 0 rings (SSSR count). The van der Waals surface area contributed by atoms with E-state index in [1.54, 1.807) is 0 Å². The molecule has 0 heterocycles. The van der Waals surface area contributed by atoms with Crippen molar-refractivity contribution in [2.75, 3.05) is 92.5 Å². The van der Waals surface area contributed by atoms with Crippen LogP contribution in [0.3, 0.4) is 0 Å². The van der Waals surface area contributed by atoms with E-state index in [1.807, 2.05) is 0 Å². The first kappa shape index (κ1) is 33.5. The van der Waals surface area contributed by atoms with Crippen molar-refractivity contribution in [3.05, 3.63) is 0 Å². The first-order chi connectivity index (χ1) is 16.7. The molecule has 0 aromatic rings. The van der Waals surface area contributed by atoms with Crippen LogP contribution >= 0.6 is 0 Å². The lowest BCUT2D eigenvalue weighted by Crippen LogP contribution is -2.27. The number of carbonyl (C=O) groups excluding carboxylic acids is 2. The summed E-state index contributed by atoms with van der Waals surface area (Å²) in [6.07, 6.45) is -0.644. The number of carbonyl (C=O) groups is 3. The molecule has 206 valence electrons. The predicted molar refractivity (Wildman–Crippen MR) is 127 cm³/mol. The number of carboxylic acids is 1. The fourth-order valence-corrected chi connectivity index (χ4v) is 2.91. The minimum absolute atomic E-state index is 0.0241. The standard InChI is InChI=1S/C22H42O12Si/c1-35(2,3)34-19-17-32-15-13-30-11-9-28-7-6-27-8-10-29-12-14-31-16-18-33-21(24)5-4-20(23)22(25)26/h4-19H2,1-3H3,(H,25,26). The van der Waals surface area contributed by atoms with Gasteiger partial charge in [0.1, 0.15) is 6.61 Å². The molecule has 0 aliphatic carbocycles. The lowest BCUT2D eigenvalue weighted by Gasteiger charge is -2.16. The van der Waals surface area contributed by atoms with E-state index in [0.29, 0.717) is 79.3 Å². The Bertz CT molecular complexity index is 553. The Kier molecular flexibility index (Phi) is 22.0. The Morgan fingerprint density at radius 1 is 0.543 bits per heavy atom. The van der Waals surface area contributed by atoms with Crippen LogP contribution in [0.5, 0.6) is 0 Å². The molecule has 35 heavy (non-hydrogen) atoms. The Hall–Kier alpha value is -1.45. The maximum atomic E-state index is 11.3. The van der Waals surface area contributed by atoms with Crippen molar-refractivity contribution in [1.82, 2.24) is 0 Å². The molecule has 0 spiro atoms. The summed E-state index contributed by atoms with van der Waals surface area (Å²) < 4.78 is 42.7. The van der Waals surface area contributed by atoms with Crippen molar-refractivity contribution in [2.45, 2.75) is 32.5 Å². The van der Waals surface area contributed by atoms with Crippen molar-refractivity contribution in [3.8, 4) is 0 Å². The van der Waals surface area contributed by atoms with Crippen LogP contribution in [0.1, 0.15) is 12.8 Å². The largest absolute Gasteiger partial charge is 0.476 e. The lowest BCUT2D eigenvalue weighted by atomic mass is 10.2. The van der Waals surface area contributed by atoms with Crippen LogP contribution in [0, 0.1) is 0 Å². The molecule has 1 N–H and O–H groups in total. The van der Waals surface area contributed by atoms with E-state index < -0.39 is 26.0 Å². The average Bonchev–Trinajstić information content (AvgIpc) is 2.79. The van der Waals surface area contributed by atoms with Crippen molar-refractivity contribution < 1.29 is 57.1 Å². The maximum Gasteiger partial charge on any atom is 0.372 e. The summed E-state index contributed by atoms with van der Waals surface area (Å²) >= 11 is 0. The fraction of sp³-hybridized carbons (Fsp3) is 0.864. The van der Waals surface area contributed by atoms with Gasteiger partial charge in [0.2, 0.25) is 5.78 Å². The zero-order valence-electron chi connectivity index (χ0n) is 21.3. The number of ketones is 1. The van der Waals surface area contributed by atoms with E-state index in [0.717, 1.165) is 0 Å². The van der Waals surface area contributed by atoms with E-state index in [1.165, 1.54) is 0 Å². The van der Waals surface area contributed by atoms with Gasteiger partial charge >= 0.3 is 11.9 Å². The highest BCUT2D eigenvalue weighted by molar-refractivity contribution is 6.69. The molecular formula is C22H42O12Si. The summed E-state index contributed by atoms with van der Waals surface area (Å²) in [6.45, 7) is 12.4. The van der Waals surface area contributed by atoms with Crippen molar-refractivity contribution in [2.24, 2.45) is 0 Å². The third kappa shape index (κ3) is 27.0. The van der Waals surface area contributed by atoms with E-state index in [4.69, 9.17) is 42.7 Å². The van der Waals surface area contributed by atoms with Gasteiger partial charge in [0.15, 0.2) is 8.32 Å². The highest BCUT2D eigenvalue weighted by Crippen LogP contribution is 2.01. The monoisotopic (exact) mass is 526 g/mol. The van der Waals surface area contributed by atoms with Crippen LogP contribution in [0.2, 0.25) is 19.6 Å². The zero-order valence-corrected chi connectivity index (χ0v) is 22.3. The number of ether oxygens (including phenoxy) is 7. The zero-order chi connectivity index (χ0) is 26.2. The molecule has 0 aromatic carbocycles. The van der Waals surface area contributed by atoms with Crippen molar-refractivity contribution in [1.29, 1.82) is 0 Å². The molecule has 0 aliphatic rings. The first-order valence-electron chi connectivity index (χ1n) is 11.7. The van der Waals surface area contributed by atoms with Crippen LogP contribution < -0.4 is 0 Å². The third-order valence-electron chi connectivity index (χ3n) is 3.91. The Labute approximate surface area is 208 Å². The second kappa shape index (κ2) is 23.0. The van der Waals surface area contributed by atoms with E-state index in [9.17, 15) is 14.4 Å². The Morgan fingerprint density at radius 2 is 0.886 bits per heavy atom. The molecule has 0 atom stereocenters. The number of rotatable bonds is 26. The van der Waals surface area contributed by atoms with E-state index >= 15 is 0 Å². The van der Waals surface area contributed by atoms with Crippen molar-refractivity contribution in [3.63, 3.8) is 0 Å². The van der Waals surface area contributed by atoms with Gasteiger partial charge in [-0.15, -0.1) is 0 Å². The number of carboxylic acid groups (broad SMARTS) is 1. The number of esters is 1. The smallest absolute Gasteiger partial charge is 0.372 e. The summed E-state index contributed by atoms with van der Waals surface area (Å²) in [5, 5.41) is 8.41. The second-order valence-electron chi connectivity index (χ2n) is 8.08. The number of hydrogen-bond donors (Lipinski definition) is 1. The van der Waals surface area contributed by atoms with Gasteiger partial charge in [-0.3, -0.25) is 9.59 Å². The second-order valence-corrected chi connectivity index (χ2v) is 12.6. The molecule has 13 heteroatoms. The van der Waals surface area contributed by atoms with Crippen LogP contribution in [-0.2, 0) is 52.0 Å². The van der Waals surface area contributed by atoms with Crippen LogP contribution in [0.4, 0.5) is 0 Å². The number of hydrogen-bond acceptors (Lipinski definition) is 11. The molecule has 0 saturated carbocycles. The first-order valence-corrected chi connectivity index (χ1v) is 15.2. The normalized spacial score (nSPS) is 11.5. The quantitative estimate of drug-likeness (QED) is 0.0740. The topological polar surface area (TPSA) is 145 Å². The van der Waals surface area contributed by atoms with Crippen molar-refractivity contribution >= 4 is 26.0 Å². The van der Waals surface area contributed by atoms with Gasteiger partial charge in [-0.05, 0) is 19.6 Å². The van der Waals surface area contributed by atoms with E-state index in [2.05, 4.69) is 19.6 Å². The SMILES string of the molecule is C[Si](C)(C)OCCOCCOCCOCCOCCOCCOCCOC(=O)CCC(=O)C(=O)O. The molecule has 12 nitrogen and oxygen atoms in total. The molecule has 0 aromatic heterocycles. The van der Waals surface area contributed by atoms with E-state index in [-0.39, 0.29) is 26.1 Å². The molecule has 0 unspecified atom stereocenters. The molecule has 0 amide bonds. The van der Waals surface area contributed by atoms with Gasteiger partial charge in [-0.25, -0.2) is 4.79 Å². The maximum absolute atomic E-state index is 11.3. The van der Waals surface area contributed by atoms with Crippen LogP contribution in [0.25, 0.3) is 0 Å². The Morgan fingerprint density at radius 3 is 1.23 bits per heavy atom. The highest BCUT2D eigenvalue weighted by Gasteiger charge is 2.14. The van der Waals surface area contributed by atoms with Gasteiger partial charge in [0, 0.05) is 6.42 Å². The number of Topliss-reactive ketones (excluding diaryl/α,β-unsaturated/α-hetero) is 1.